The van der Waals surface area contributed by atoms with E-state index in [1.807, 2.05) is 6.07 Å². The smallest absolute Gasteiger partial charge is 0.262 e. The highest BCUT2D eigenvalue weighted by Crippen LogP contribution is 2.23. The van der Waals surface area contributed by atoms with Crippen LogP contribution in [0.4, 0.5) is 5.69 Å². The molecule has 1 aliphatic rings. The lowest BCUT2D eigenvalue weighted by molar-refractivity contribution is -0.116. The topological polar surface area (TPSA) is 83.6 Å². The van der Waals surface area contributed by atoms with Crippen molar-refractivity contribution in [2.24, 2.45) is 0 Å². The summed E-state index contributed by atoms with van der Waals surface area (Å²) in [6, 6.07) is 21.8. The second-order valence-corrected chi connectivity index (χ2v) is 6.53. The molecule has 6 nitrogen and oxygen atoms in total. The number of hydrogen-bond donors (Lipinski definition) is 1. The van der Waals surface area contributed by atoms with E-state index < -0.39 is 24.3 Å². The van der Waals surface area contributed by atoms with Crippen molar-refractivity contribution in [1.82, 2.24) is 4.90 Å². The molecule has 1 N–H and O–H groups in total. The minimum atomic E-state index is -0.562. The number of para-hydroxylation sites is 1. The number of nitrogens with one attached hydrogen (secondary N) is 1. The van der Waals surface area contributed by atoms with Gasteiger partial charge in [0, 0.05) is 11.1 Å². The SMILES string of the molecule is O=C(CN1C(=O)c2ccccc2C1=O)Nc1ccccc1C(=O)c1ccccc1. The third-order valence-corrected chi connectivity index (χ3v) is 4.66. The van der Waals surface area contributed by atoms with Gasteiger partial charge in [0.2, 0.25) is 5.91 Å². The van der Waals surface area contributed by atoms with E-state index >= 15 is 0 Å². The summed E-state index contributed by atoms with van der Waals surface area (Å²) in [7, 11) is 0. The predicted molar refractivity (Wildman–Crippen MR) is 107 cm³/mol. The maximum absolute atomic E-state index is 12.8. The zero-order chi connectivity index (χ0) is 20.4. The molecule has 1 aliphatic heterocycles. The van der Waals surface area contributed by atoms with Gasteiger partial charge in [-0.3, -0.25) is 24.1 Å². The number of rotatable bonds is 5. The van der Waals surface area contributed by atoms with Gasteiger partial charge in [-0.2, -0.15) is 0 Å². The summed E-state index contributed by atoms with van der Waals surface area (Å²) in [6.45, 7) is -0.430. The van der Waals surface area contributed by atoms with E-state index in [9.17, 15) is 19.2 Å². The van der Waals surface area contributed by atoms with Crippen molar-refractivity contribution >= 4 is 29.2 Å². The molecule has 3 amide bonds. The highest BCUT2D eigenvalue weighted by Gasteiger charge is 2.36. The first-order valence-corrected chi connectivity index (χ1v) is 9.00. The van der Waals surface area contributed by atoms with Crippen LogP contribution in [-0.2, 0) is 4.79 Å². The Bertz CT molecular complexity index is 1100. The summed E-state index contributed by atoms with van der Waals surface area (Å²) < 4.78 is 0. The lowest BCUT2D eigenvalue weighted by atomic mass is 10.0. The maximum Gasteiger partial charge on any atom is 0.262 e. The predicted octanol–water partition coefficient (Wildman–Crippen LogP) is 3.15. The van der Waals surface area contributed by atoms with Crippen molar-refractivity contribution in [3.63, 3.8) is 0 Å². The molecule has 29 heavy (non-hydrogen) atoms. The van der Waals surface area contributed by atoms with E-state index in [1.54, 1.807) is 72.8 Å². The van der Waals surface area contributed by atoms with Gasteiger partial charge in [0.25, 0.3) is 11.8 Å². The summed E-state index contributed by atoms with van der Waals surface area (Å²) in [6.07, 6.45) is 0. The summed E-state index contributed by atoms with van der Waals surface area (Å²) in [5.41, 5.74) is 1.71. The van der Waals surface area contributed by atoms with E-state index in [2.05, 4.69) is 5.32 Å². The number of carbonyl (C=O) groups is 4. The molecule has 0 radical (unpaired) electrons. The van der Waals surface area contributed by atoms with Crippen molar-refractivity contribution in [1.29, 1.82) is 0 Å². The number of imide groups is 1. The lowest BCUT2D eigenvalue weighted by Crippen LogP contribution is -2.37. The molecule has 0 aromatic heterocycles. The van der Waals surface area contributed by atoms with E-state index in [1.165, 1.54) is 0 Å². The molecule has 0 spiro atoms. The summed E-state index contributed by atoms with van der Waals surface area (Å²) in [4.78, 5) is 51.1. The van der Waals surface area contributed by atoms with Crippen LogP contribution in [0.2, 0.25) is 0 Å². The number of hydrogen-bond acceptors (Lipinski definition) is 4. The van der Waals surface area contributed by atoms with E-state index in [4.69, 9.17) is 0 Å². The summed E-state index contributed by atoms with van der Waals surface area (Å²) in [5.74, 6) is -1.81. The first-order valence-electron chi connectivity index (χ1n) is 9.00. The Labute approximate surface area is 166 Å². The third kappa shape index (κ3) is 3.43. The molecule has 0 saturated carbocycles. The minimum absolute atomic E-state index is 0.234. The summed E-state index contributed by atoms with van der Waals surface area (Å²) in [5, 5.41) is 2.65. The molecule has 0 bridgehead atoms. The Morgan fingerprint density at radius 3 is 1.93 bits per heavy atom. The van der Waals surface area contributed by atoms with Gasteiger partial charge in [-0.15, -0.1) is 0 Å². The standard InChI is InChI=1S/C23H16N2O4/c26-20(14-25-22(28)16-10-4-5-11-17(16)23(25)29)24-19-13-7-6-12-18(19)21(27)15-8-2-1-3-9-15/h1-13H,14H2,(H,24,26). The van der Waals surface area contributed by atoms with Gasteiger partial charge in [-0.05, 0) is 24.3 Å². The average Bonchev–Trinajstić information content (AvgIpc) is 2.99. The van der Waals surface area contributed by atoms with Gasteiger partial charge in [0.15, 0.2) is 5.78 Å². The number of benzene rings is 3. The van der Waals surface area contributed by atoms with Crippen molar-refractivity contribution < 1.29 is 19.2 Å². The van der Waals surface area contributed by atoms with Crippen LogP contribution >= 0.6 is 0 Å². The van der Waals surface area contributed by atoms with Crippen LogP contribution in [-0.4, -0.2) is 34.9 Å². The Morgan fingerprint density at radius 1 is 0.724 bits per heavy atom. The largest absolute Gasteiger partial charge is 0.324 e. The molecule has 3 aromatic carbocycles. The number of nitrogens with zero attached hydrogens (tertiary/aromatic N) is 1. The molecule has 0 atom stereocenters. The molecule has 142 valence electrons. The van der Waals surface area contributed by atoms with Crippen molar-refractivity contribution in [3.05, 3.63) is 101 Å². The number of fused-ring (bicyclic) bond motifs is 1. The van der Waals surface area contributed by atoms with E-state index in [0.717, 1.165) is 4.90 Å². The minimum Gasteiger partial charge on any atom is -0.324 e. The fourth-order valence-electron chi connectivity index (χ4n) is 3.25. The fourth-order valence-corrected chi connectivity index (χ4v) is 3.25. The Hall–Kier alpha value is -4.06. The average molecular weight is 384 g/mol. The number of carbonyl (C=O) groups excluding carboxylic acids is 4. The Kier molecular flexibility index (Phi) is 4.75. The molecule has 0 saturated heterocycles. The molecule has 0 unspecified atom stereocenters. The highest BCUT2D eigenvalue weighted by atomic mass is 16.2. The van der Waals surface area contributed by atoms with Crippen LogP contribution in [0.25, 0.3) is 0 Å². The normalized spacial score (nSPS) is 12.6. The van der Waals surface area contributed by atoms with Gasteiger partial charge >= 0.3 is 0 Å². The molecule has 1 heterocycles. The van der Waals surface area contributed by atoms with Crippen LogP contribution in [0.3, 0.4) is 0 Å². The monoisotopic (exact) mass is 384 g/mol. The zero-order valence-corrected chi connectivity index (χ0v) is 15.3. The molecule has 3 aromatic rings. The lowest BCUT2D eigenvalue weighted by Gasteiger charge is -2.15. The Morgan fingerprint density at radius 2 is 1.28 bits per heavy atom. The van der Waals surface area contributed by atoms with E-state index in [0.29, 0.717) is 16.8 Å². The Balaban J connectivity index is 1.53. The number of amides is 3. The third-order valence-electron chi connectivity index (χ3n) is 4.66. The number of anilines is 1. The molecule has 0 fully saturated rings. The first-order chi connectivity index (χ1) is 14.1. The van der Waals surface area contributed by atoms with Crippen molar-refractivity contribution in [2.75, 3.05) is 11.9 Å². The summed E-state index contributed by atoms with van der Waals surface area (Å²) >= 11 is 0. The second kappa shape index (κ2) is 7.52. The van der Waals surface area contributed by atoms with Crippen LogP contribution in [0, 0.1) is 0 Å². The second-order valence-electron chi connectivity index (χ2n) is 6.53. The van der Waals surface area contributed by atoms with Crippen molar-refractivity contribution in [3.8, 4) is 0 Å². The molecule has 0 aliphatic carbocycles. The van der Waals surface area contributed by atoms with E-state index in [-0.39, 0.29) is 16.9 Å². The number of ketones is 1. The zero-order valence-electron chi connectivity index (χ0n) is 15.3. The van der Waals surface area contributed by atoms with Crippen LogP contribution in [0.5, 0.6) is 0 Å². The van der Waals surface area contributed by atoms with Crippen molar-refractivity contribution in [2.45, 2.75) is 0 Å². The fraction of sp³-hybridized carbons (Fsp3) is 0.0435. The van der Waals surface area contributed by atoms with Gasteiger partial charge in [-0.25, -0.2) is 0 Å². The highest BCUT2D eigenvalue weighted by molar-refractivity contribution is 6.23. The van der Waals surface area contributed by atoms with Gasteiger partial charge in [-0.1, -0.05) is 54.6 Å². The van der Waals surface area contributed by atoms with Crippen LogP contribution in [0.15, 0.2) is 78.9 Å². The van der Waals surface area contributed by atoms with Gasteiger partial charge < -0.3 is 5.32 Å². The molecule has 6 heteroatoms. The van der Waals surface area contributed by atoms with Crippen LogP contribution < -0.4 is 5.32 Å². The first kappa shape index (κ1) is 18.3. The maximum atomic E-state index is 12.8. The molecular weight excluding hydrogens is 368 g/mol. The molecular formula is C23H16N2O4. The quantitative estimate of drug-likeness (QED) is 0.541. The molecule has 4 rings (SSSR count). The van der Waals surface area contributed by atoms with Gasteiger partial charge in [0.05, 0.1) is 16.8 Å². The van der Waals surface area contributed by atoms with Crippen LogP contribution in [0.1, 0.15) is 36.6 Å². The van der Waals surface area contributed by atoms with Gasteiger partial charge in [0.1, 0.15) is 6.54 Å².